The number of fused-ring (bicyclic) bond motifs is 1. The molecule has 0 radical (unpaired) electrons. The normalized spacial score (nSPS) is 13.2. The number of hydrogen-bond donors (Lipinski definition) is 1. The first kappa shape index (κ1) is 12.7. The average Bonchev–Trinajstić information content (AvgIpc) is 2.83. The van der Waals surface area contributed by atoms with Gasteiger partial charge in [0.2, 0.25) is 0 Å². The van der Waals surface area contributed by atoms with Crippen LogP contribution in [0.15, 0.2) is 12.4 Å². The molecule has 0 aliphatic heterocycles. The van der Waals surface area contributed by atoms with Crippen LogP contribution < -0.4 is 10.6 Å². The molecular formula is C11H19N7. The summed E-state index contributed by atoms with van der Waals surface area (Å²) in [5.74, 6) is 1.36. The monoisotopic (exact) mass is 249 g/mol. The van der Waals surface area contributed by atoms with E-state index in [9.17, 15) is 0 Å². The van der Waals surface area contributed by atoms with Crippen molar-refractivity contribution in [2.24, 2.45) is 11.7 Å². The molecule has 2 rings (SSSR count). The molecular weight excluding hydrogens is 230 g/mol. The smallest absolute Gasteiger partial charge is 0.199 e. The van der Waals surface area contributed by atoms with E-state index in [0.29, 0.717) is 11.6 Å². The number of rotatable bonds is 5. The lowest BCUT2D eigenvalue weighted by molar-refractivity contribution is 0.465. The summed E-state index contributed by atoms with van der Waals surface area (Å²) in [7, 11) is 1.99. The molecule has 0 saturated heterocycles. The molecule has 0 spiro atoms. The molecule has 7 nitrogen and oxygen atoms in total. The van der Waals surface area contributed by atoms with Crippen molar-refractivity contribution in [2.75, 3.05) is 18.5 Å². The second-order valence-corrected chi connectivity index (χ2v) is 4.83. The number of hydrogen-bond acceptors (Lipinski definition) is 6. The van der Waals surface area contributed by atoms with Crippen molar-refractivity contribution in [3.63, 3.8) is 0 Å². The fraction of sp³-hybridized carbons (Fsp3) is 0.636. The summed E-state index contributed by atoms with van der Waals surface area (Å²) < 4.78 is 1.67. The third kappa shape index (κ3) is 2.56. The molecule has 0 fully saturated rings. The van der Waals surface area contributed by atoms with E-state index in [1.54, 1.807) is 16.9 Å². The van der Waals surface area contributed by atoms with Crippen LogP contribution in [-0.4, -0.2) is 44.7 Å². The van der Waals surface area contributed by atoms with E-state index in [1.165, 1.54) is 0 Å². The summed E-state index contributed by atoms with van der Waals surface area (Å²) >= 11 is 0. The number of nitrogens with two attached hydrogens (primary N) is 1. The highest BCUT2D eigenvalue weighted by atomic mass is 15.5. The zero-order valence-corrected chi connectivity index (χ0v) is 11.0. The Morgan fingerprint density at radius 2 is 2.17 bits per heavy atom. The predicted octanol–water partition coefficient (Wildman–Crippen LogP) is 0.329. The SMILES string of the molecule is CC(C)C(N)CCN(C)c1cncc2nnnn12. The maximum atomic E-state index is 6.05. The third-order valence-corrected chi connectivity index (χ3v) is 3.14. The van der Waals surface area contributed by atoms with Gasteiger partial charge in [-0.2, -0.15) is 4.52 Å². The van der Waals surface area contributed by atoms with E-state index in [0.717, 1.165) is 18.8 Å². The lowest BCUT2D eigenvalue weighted by atomic mass is 10.0. The van der Waals surface area contributed by atoms with E-state index in [1.807, 2.05) is 7.05 Å². The highest BCUT2D eigenvalue weighted by Crippen LogP contribution is 2.12. The van der Waals surface area contributed by atoms with Gasteiger partial charge in [-0.1, -0.05) is 13.8 Å². The molecule has 0 saturated carbocycles. The van der Waals surface area contributed by atoms with E-state index < -0.39 is 0 Å². The third-order valence-electron chi connectivity index (χ3n) is 3.14. The van der Waals surface area contributed by atoms with Crippen molar-refractivity contribution in [3.8, 4) is 0 Å². The van der Waals surface area contributed by atoms with Crippen molar-refractivity contribution < 1.29 is 0 Å². The summed E-state index contributed by atoms with van der Waals surface area (Å²) in [6.07, 6.45) is 4.31. The first-order chi connectivity index (χ1) is 8.59. The topological polar surface area (TPSA) is 85.2 Å². The average molecular weight is 249 g/mol. The van der Waals surface area contributed by atoms with Crippen molar-refractivity contribution in [3.05, 3.63) is 12.4 Å². The molecule has 0 amide bonds. The summed E-state index contributed by atoms with van der Waals surface area (Å²) in [6.45, 7) is 5.11. The lowest BCUT2D eigenvalue weighted by Gasteiger charge is -2.22. The molecule has 1 unspecified atom stereocenters. The quantitative estimate of drug-likeness (QED) is 0.822. The first-order valence-electron chi connectivity index (χ1n) is 6.08. The van der Waals surface area contributed by atoms with Gasteiger partial charge in [-0.25, -0.2) is 0 Å². The number of aromatic nitrogens is 5. The fourth-order valence-corrected chi connectivity index (χ4v) is 1.71. The lowest BCUT2D eigenvalue weighted by Crippen LogP contribution is -2.32. The predicted molar refractivity (Wildman–Crippen MR) is 69.3 cm³/mol. The Morgan fingerprint density at radius 3 is 2.89 bits per heavy atom. The molecule has 2 N–H and O–H groups in total. The number of nitrogens with zero attached hydrogens (tertiary/aromatic N) is 6. The van der Waals surface area contributed by atoms with E-state index in [4.69, 9.17) is 5.73 Å². The van der Waals surface area contributed by atoms with E-state index in [-0.39, 0.29) is 6.04 Å². The highest BCUT2D eigenvalue weighted by Gasteiger charge is 2.12. The highest BCUT2D eigenvalue weighted by molar-refractivity contribution is 5.45. The molecule has 1 atom stereocenters. The minimum absolute atomic E-state index is 0.202. The summed E-state index contributed by atoms with van der Waals surface area (Å²) in [6, 6.07) is 0.202. The van der Waals surface area contributed by atoms with Gasteiger partial charge in [0.1, 0.15) is 0 Å². The Morgan fingerprint density at radius 1 is 1.39 bits per heavy atom. The molecule has 18 heavy (non-hydrogen) atoms. The van der Waals surface area contributed by atoms with Gasteiger partial charge >= 0.3 is 0 Å². The molecule has 2 aromatic heterocycles. The van der Waals surface area contributed by atoms with Crippen molar-refractivity contribution in [1.29, 1.82) is 0 Å². The van der Waals surface area contributed by atoms with Crippen LogP contribution in [0.4, 0.5) is 5.82 Å². The Labute approximate surface area is 106 Å². The van der Waals surface area contributed by atoms with Crippen molar-refractivity contribution in [1.82, 2.24) is 25.0 Å². The van der Waals surface area contributed by atoms with Crippen molar-refractivity contribution in [2.45, 2.75) is 26.3 Å². The molecule has 2 aromatic rings. The summed E-state index contributed by atoms with van der Waals surface area (Å²) in [4.78, 5) is 6.20. The number of anilines is 1. The maximum Gasteiger partial charge on any atom is 0.199 e. The summed E-state index contributed by atoms with van der Waals surface area (Å²) in [5.41, 5.74) is 6.69. The van der Waals surface area contributed by atoms with E-state index in [2.05, 4.69) is 39.3 Å². The van der Waals surface area contributed by atoms with Gasteiger partial charge in [-0.05, 0) is 22.8 Å². The van der Waals surface area contributed by atoms with Crippen molar-refractivity contribution >= 4 is 11.5 Å². The molecule has 2 heterocycles. The largest absolute Gasteiger partial charge is 0.358 e. The van der Waals surface area contributed by atoms with Crippen LogP contribution in [0, 0.1) is 5.92 Å². The molecule has 7 heteroatoms. The zero-order chi connectivity index (χ0) is 13.1. The Balaban J connectivity index is 2.09. The fourth-order valence-electron chi connectivity index (χ4n) is 1.71. The van der Waals surface area contributed by atoms with Gasteiger partial charge in [0.15, 0.2) is 11.5 Å². The standard InChI is InChI=1S/C11H19N7/c1-8(2)9(12)4-5-17(3)11-7-13-6-10-14-15-16-18(10)11/h6-9H,4-5,12H2,1-3H3. The molecule has 0 aliphatic carbocycles. The van der Waals surface area contributed by atoms with Gasteiger partial charge in [-0.15, -0.1) is 5.10 Å². The molecule has 98 valence electrons. The number of tetrazole rings is 1. The first-order valence-corrected chi connectivity index (χ1v) is 6.08. The second kappa shape index (κ2) is 5.26. The van der Waals surface area contributed by atoms with Crippen LogP contribution in [0.1, 0.15) is 20.3 Å². The van der Waals surface area contributed by atoms with Gasteiger partial charge < -0.3 is 10.6 Å². The van der Waals surface area contributed by atoms with Crippen LogP contribution in [0.25, 0.3) is 5.65 Å². The van der Waals surface area contributed by atoms with Gasteiger partial charge in [0.05, 0.1) is 12.4 Å². The van der Waals surface area contributed by atoms with E-state index >= 15 is 0 Å². The van der Waals surface area contributed by atoms with Gasteiger partial charge in [-0.3, -0.25) is 4.98 Å². The van der Waals surface area contributed by atoms with Crippen LogP contribution in [0.5, 0.6) is 0 Å². The van der Waals surface area contributed by atoms with Crippen LogP contribution in [0.3, 0.4) is 0 Å². The van der Waals surface area contributed by atoms with Gasteiger partial charge in [0.25, 0.3) is 0 Å². The Bertz CT molecular complexity index is 507. The Kier molecular flexibility index (Phi) is 3.71. The summed E-state index contributed by atoms with van der Waals surface area (Å²) in [5, 5.41) is 11.5. The minimum atomic E-state index is 0.202. The van der Waals surface area contributed by atoms with Crippen LogP contribution in [-0.2, 0) is 0 Å². The molecule has 0 aromatic carbocycles. The zero-order valence-electron chi connectivity index (χ0n) is 11.0. The maximum absolute atomic E-state index is 6.05. The molecule has 0 aliphatic rings. The van der Waals surface area contributed by atoms with Crippen LogP contribution in [0.2, 0.25) is 0 Å². The van der Waals surface area contributed by atoms with Crippen LogP contribution >= 0.6 is 0 Å². The molecule has 0 bridgehead atoms. The van der Waals surface area contributed by atoms with Gasteiger partial charge in [0, 0.05) is 19.6 Å². The Hall–Kier alpha value is -1.76. The second-order valence-electron chi connectivity index (χ2n) is 4.83. The minimum Gasteiger partial charge on any atom is -0.358 e.